The Morgan fingerprint density at radius 1 is 1.08 bits per heavy atom. The number of nitrogens with zero attached hydrogens (tertiary/aromatic N) is 3. The minimum Gasteiger partial charge on any atom is -0.396 e. The van der Waals surface area contributed by atoms with Gasteiger partial charge in [0.2, 0.25) is 0 Å². The van der Waals surface area contributed by atoms with Crippen LogP contribution in [0.3, 0.4) is 0 Å². The van der Waals surface area contributed by atoms with Gasteiger partial charge in [-0.15, -0.1) is 0 Å². The number of aromatic nitrogens is 3. The van der Waals surface area contributed by atoms with Crippen molar-refractivity contribution in [2.45, 2.75) is 19.4 Å². The number of aliphatic hydroxyl groups excluding tert-OH is 1. The molecule has 5 heteroatoms. The quantitative estimate of drug-likeness (QED) is 0.697. The number of rotatable bonds is 7. The van der Waals surface area contributed by atoms with Crippen LogP contribution in [0.1, 0.15) is 18.4 Å². The molecule has 0 spiro atoms. The van der Waals surface area contributed by atoms with Gasteiger partial charge in [0.1, 0.15) is 0 Å². The van der Waals surface area contributed by atoms with Crippen molar-refractivity contribution in [3.8, 4) is 16.9 Å². The fourth-order valence-corrected chi connectivity index (χ4v) is 3.03. The SMILES string of the molecule is OCC1(CNCc2cn(-c3ccccc3)nc2-c2ccncc2)CC1. The molecule has 1 fully saturated rings. The van der Waals surface area contributed by atoms with Crippen LogP contribution in [0.15, 0.2) is 61.1 Å². The molecule has 0 atom stereocenters. The first-order chi connectivity index (χ1) is 12.3. The van der Waals surface area contributed by atoms with Gasteiger partial charge in [0.05, 0.1) is 11.4 Å². The van der Waals surface area contributed by atoms with Gasteiger partial charge in [0.25, 0.3) is 0 Å². The molecule has 0 unspecified atom stereocenters. The average molecular weight is 334 g/mol. The molecule has 4 rings (SSSR count). The lowest BCUT2D eigenvalue weighted by atomic mass is 10.1. The summed E-state index contributed by atoms with van der Waals surface area (Å²) in [5, 5.41) is 17.8. The van der Waals surface area contributed by atoms with Gasteiger partial charge in [-0.3, -0.25) is 4.98 Å². The molecule has 128 valence electrons. The van der Waals surface area contributed by atoms with Crippen LogP contribution in [0, 0.1) is 5.41 Å². The smallest absolute Gasteiger partial charge is 0.0973 e. The third-order valence-corrected chi connectivity index (χ3v) is 4.87. The highest BCUT2D eigenvalue weighted by Gasteiger charge is 2.41. The second-order valence-corrected chi connectivity index (χ2v) is 6.78. The Morgan fingerprint density at radius 3 is 2.52 bits per heavy atom. The molecule has 0 radical (unpaired) electrons. The van der Waals surface area contributed by atoms with E-state index in [4.69, 9.17) is 5.10 Å². The van der Waals surface area contributed by atoms with Crippen molar-refractivity contribution in [3.05, 3.63) is 66.6 Å². The van der Waals surface area contributed by atoms with E-state index in [0.29, 0.717) is 0 Å². The molecule has 0 amide bonds. The van der Waals surface area contributed by atoms with Crippen molar-refractivity contribution in [3.63, 3.8) is 0 Å². The molecule has 0 aliphatic heterocycles. The molecule has 0 bridgehead atoms. The Bertz CT molecular complexity index is 825. The monoisotopic (exact) mass is 334 g/mol. The molecule has 0 saturated heterocycles. The van der Waals surface area contributed by atoms with Crippen LogP contribution in [0.5, 0.6) is 0 Å². The van der Waals surface area contributed by atoms with Crippen LogP contribution in [-0.4, -0.2) is 33.0 Å². The van der Waals surface area contributed by atoms with Crippen LogP contribution < -0.4 is 5.32 Å². The van der Waals surface area contributed by atoms with E-state index in [0.717, 1.165) is 48.4 Å². The highest BCUT2D eigenvalue weighted by molar-refractivity contribution is 5.62. The Hall–Kier alpha value is -2.50. The summed E-state index contributed by atoms with van der Waals surface area (Å²) in [6.45, 7) is 1.84. The van der Waals surface area contributed by atoms with E-state index >= 15 is 0 Å². The predicted octanol–water partition coefficient (Wildman–Crippen LogP) is 2.80. The van der Waals surface area contributed by atoms with Gasteiger partial charge < -0.3 is 10.4 Å². The van der Waals surface area contributed by atoms with Crippen LogP contribution in [0.2, 0.25) is 0 Å². The van der Waals surface area contributed by atoms with Gasteiger partial charge in [-0.05, 0) is 37.1 Å². The zero-order valence-corrected chi connectivity index (χ0v) is 14.1. The van der Waals surface area contributed by atoms with E-state index in [1.54, 1.807) is 12.4 Å². The van der Waals surface area contributed by atoms with Crippen molar-refractivity contribution in [1.82, 2.24) is 20.1 Å². The van der Waals surface area contributed by atoms with Crippen LogP contribution in [0.4, 0.5) is 0 Å². The van der Waals surface area contributed by atoms with E-state index < -0.39 is 0 Å². The van der Waals surface area contributed by atoms with Gasteiger partial charge in [-0.1, -0.05) is 18.2 Å². The maximum absolute atomic E-state index is 9.48. The Labute approximate surface area is 147 Å². The van der Waals surface area contributed by atoms with Gasteiger partial charge in [-0.25, -0.2) is 4.68 Å². The van der Waals surface area contributed by atoms with Crippen molar-refractivity contribution in [1.29, 1.82) is 0 Å². The van der Waals surface area contributed by atoms with E-state index in [-0.39, 0.29) is 12.0 Å². The summed E-state index contributed by atoms with van der Waals surface area (Å²) in [5.74, 6) is 0. The maximum Gasteiger partial charge on any atom is 0.0973 e. The fourth-order valence-electron chi connectivity index (χ4n) is 3.03. The lowest BCUT2D eigenvalue weighted by molar-refractivity contribution is 0.207. The second kappa shape index (κ2) is 6.78. The normalized spacial score (nSPS) is 15.2. The number of pyridine rings is 1. The molecule has 1 saturated carbocycles. The largest absolute Gasteiger partial charge is 0.396 e. The van der Waals surface area contributed by atoms with Gasteiger partial charge in [-0.2, -0.15) is 5.10 Å². The third kappa shape index (κ3) is 3.48. The topological polar surface area (TPSA) is 63.0 Å². The van der Waals surface area contributed by atoms with E-state index in [1.807, 2.05) is 47.1 Å². The molecule has 5 nitrogen and oxygen atoms in total. The third-order valence-electron chi connectivity index (χ3n) is 4.87. The lowest BCUT2D eigenvalue weighted by Gasteiger charge is -2.12. The molecule has 2 heterocycles. The van der Waals surface area contributed by atoms with Crippen molar-refractivity contribution in [2.24, 2.45) is 5.41 Å². The van der Waals surface area contributed by atoms with E-state index in [1.165, 1.54) is 0 Å². The summed E-state index contributed by atoms with van der Waals surface area (Å²) >= 11 is 0. The Kier molecular flexibility index (Phi) is 4.34. The molecule has 1 aliphatic carbocycles. The predicted molar refractivity (Wildman–Crippen MR) is 97.3 cm³/mol. The lowest BCUT2D eigenvalue weighted by Crippen LogP contribution is -2.26. The number of hydrogen-bond donors (Lipinski definition) is 2. The molecular weight excluding hydrogens is 312 g/mol. The zero-order chi connectivity index (χ0) is 17.1. The van der Waals surface area contributed by atoms with E-state index in [2.05, 4.69) is 16.5 Å². The summed E-state index contributed by atoms with van der Waals surface area (Å²) < 4.78 is 1.92. The molecule has 2 N–H and O–H groups in total. The number of hydrogen-bond acceptors (Lipinski definition) is 4. The summed E-state index contributed by atoms with van der Waals surface area (Å²) in [6, 6.07) is 14.1. The second-order valence-electron chi connectivity index (χ2n) is 6.78. The first-order valence-electron chi connectivity index (χ1n) is 8.66. The maximum atomic E-state index is 9.48. The highest BCUT2D eigenvalue weighted by Crippen LogP contribution is 2.44. The number of benzene rings is 1. The minimum absolute atomic E-state index is 0.103. The first-order valence-corrected chi connectivity index (χ1v) is 8.66. The molecule has 25 heavy (non-hydrogen) atoms. The highest BCUT2D eigenvalue weighted by atomic mass is 16.3. The Morgan fingerprint density at radius 2 is 1.84 bits per heavy atom. The summed E-state index contributed by atoms with van der Waals surface area (Å²) in [6.07, 6.45) is 7.88. The molecule has 3 aromatic rings. The summed E-state index contributed by atoms with van der Waals surface area (Å²) in [5.41, 5.74) is 4.31. The van der Waals surface area contributed by atoms with E-state index in [9.17, 15) is 5.11 Å². The molecule has 1 aliphatic rings. The first kappa shape index (κ1) is 16.0. The van der Waals surface area contributed by atoms with Gasteiger partial charge in [0.15, 0.2) is 0 Å². The molecule has 1 aromatic carbocycles. The van der Waals surface area contributed by atoms with Crippen LogP contribution >= 0.6 is 0 Å². The number of nitrogens with one attached hydrogen (secondary N) is 1. The number of para-hydroxylation sites is 1. The molecule has 2 aromatic heterocycles. The summed E-state index contributed by atoms with van der Waals surface area (Å²) in [7, 11) is 0. The zero-order valence-electron chi connectivity index (χ0n) is 14.1. The average Bonchev–Trinajstić information content (AvgIpc) is 3.33. The van der Waals surface area contributed by atoms with Gasteiger partial charge >= 0.3 is 0 Å². The minimum atomic E-state index is 0.103. The van der Waals surface area contributed by atoms with Crippen molar-refractivity contribution < 1.29 is 5.11 Å². The summed E-state index contributed by atoms with van der Waals surface area (Å²) in [4.78, 5) is 4.10. The van der Waals surface area contributed by atoms with Crippen LogP contribution in [0.25, 0.3) is 16.9 Å². The van der Waals surface area contributed by atoms with Crippen molar-refractivity contribution >= 4 is 0 Å². The number of aliphatic hydroxyl groups is 1. The standard InChI is InChI=1S/C20H22N4O/c25-15-20(8-9-20)14-22-12-17-13-24(18-4-2-1-3-5-18)23-19(17)16-6-10-21-11-7-16/h1-7,10-11,13,22,25H,8-9,12,14-15H2. The fraction of sp³-hybridized carbons (Fsp3) is 0.300. The van der Waals surface area contributed by atoms with Crippen LogP contribution in [-0.2, 0) is 6.54 Å². The Balaban J connectivity index is 1.60. The molecular formula is C20H22N4O. The van der Waals surface area contributed by atoms with Crippen molar-refractivity contribution in [2.75, 3.05) is 13.2 Å². The van der Waals surface area contributed by atoms with Gasteiger partial charge in [0, 0.05) is 54.8 Å².